The van der Waals surface area contributed by atoms with Crippen LogP contribution in [0.3, 0.4) is 0 Å². The van der Waals surface area contributed by atoms with E-state index in [1.807, 2.05) is 36.4 Å². The predicted octanol–water partition coefficient (Wildman–Crippen LogP) is 4.77. The van der Waals surface area contributed by atoms with Crippen molar-refractivity contribution < 1.29 is 0 Å². The Morgan fingerprint density at radius 2 is 1.70 bits per heavy atom. The standard InChI is InChI=1S/C17H10Cl2N4/c18-12-5-4-11(9-13(12)19)15-10-17-21-8-6-16(23(17)22-15)14-3-1-2-7-20-14/h1-10H. The number of pyridine rings is 1. The van der Waals surface area contributed by atoms with Crippen molar-refractivity contribution in [2.75, 3.05) is 0 Å². The van der Waals surface area contributed by atoms with E-state index >= 15 is 0 Å². The maximum Gasteiger partial charge on any atom is 0.156 e. The van der Waals surface area contributed by atoms with Crippen LogP contribution in [0.1, 0.15) is 0 Å². The van der Waals surface area contributed by atoms with Crippen molar-refractivity contribution in [3.05, 3.63) is 71.0 Å². The number of halogens is 2. The van der Waals surface area contributed by atoms with Crippen LogP contribution in [-0.2, 0) is 0 Å². The second-order valence-electron chi connectivity index (χ2n) is 4.97. The van der Waals surface area contributed by atoms with E-state index in [9.17, 15) is 0 Å². The molecule has 0 saturated heterocycles. The fourth-order valence-corrected chi connectivity index (χ4v) is 2.70. The number of hydrogen-bond acceptors (Lipinski definition) is 3. The predicted molar refractivity (Wildman–Crippen MR) is 91.7 cm³/mol. The molecule has 0 bridgehead atoms. The first kappa shape index (κ1) is 14.2. The number of fused-ring (bicyclic) bond motifs is 1. The van der Waals surface area contributed by atoms with E-state index in [2.05, 4.69) is 15.1 Å². The van der Waals surface area contributed by atoms with Gasteiger partial charge in [0.1, 0.15) is 0 Å². The molecule has 6 heteroatoms. The highest BCUT2D eigenvalue weighted by molar-refractivity contribution is 6.42. The van der Waals surface area contributed by atoms with Crippen molar-refractivity contribution in [1.29, 1.82) is 0 Å². The monoisotopic (exact) mass is 340 g/mol. The minimum Gasteiger partial charge on any atom is -0.255 e. The molecule has 4 aromatic rings. The van der Waals surface area contributed by atoms with Gasteiger partial charge in [-0.05, 0) is 30.3 Å². The Labute approximate surface area is 142 Å². The fraction of sp³-hybridized carbons (Fsp3) is 0. The molecule has 0 fully saturated rings. The SMILES string of the molecule is Clc1ccc(-c2cc3nccc(-c4ccccn4)n3n2)cc1Cl. The van der Waals surface area contributed by atoms with Gasteiger partial charge >= 0.3 is 0 Å². The van der Waals surface area contributed by atoms with Crippen molar-refractivity contribution in [3.8, 4) is 22.6 Å². The van der Waals surface area contributed by atoms with E-state index in [0.29, 0.717) is 10.0 Å². The lowest BCUT2D eigenvalue weighted by Gasteiger charge is -2.03. The van der Waals surface area contributed by atoms with Gasteiger partial charge in [-0.1, -0.05) is 35.3 Å². The summed E-state index contributed by atoms with van der Waals surface area (Å²) in [4.78, 5) is 8.75. The molecular formula is C17H10Cl2N4. The molecule has 0 saturated carbocycles. The van der Waals surface area contributed by atoms with Crippen molar-refractivity contribution in [3.63, 3.8) is 0 Å². The molecule has 4 nitrogen and oxygen atoms in total. The molecule has 0 aliphatic carbocycles. The molecule has 0 atom stereocenters. The van der Waals surface area contributed by atoms with Crippen LogP contribution in [0.5, 0.6) is 0 Å². The lowest BCUT2D eigenvalue weighted by atomic mass is 10.1. The largest absolute Gasteiger partial charge is 0.255 e. The third-order valence-electron chi connectivity index (χ3n) is 3.50. The molecule has 0 spiro atoms. The Hall–Kier alpha value is -2.43. The Balaban J connectivity index is 1.90. The average molecular weight is 341 g/mol. The first-order valence-corrected chi connectivity index (χ1v) is 7.69. The normalized spacial score (nSPS) is 11.0. The maximum absolute atomic E-state index is 6.10. The number of rotatable bonds is 2. The van der Waals surface area contributed by atoms with Gasteiger partial charge in [0.25, 0.3) is 0 Å². The zero-order chi connectivity index (χ0) is 15.8. The summed E-state index contributed by atoms with van der Waals surface area (Å²) in [6.45, 7) is 0. The molecule has 23 heavy (non-hydrogen) atoms. The zero-order valence-corrected chi connectivity index (χ0v) is 13.3. The highest BCUT2D eigenvalue weighted by Gasteiger charge is 2.11. The molecule has 0 aliphatic rings. The molecule has 0 N–H and O–H groups in total. The molecule has 1 aromatic carbocycles. The van der Waals surface area contributed by atoms with Gasteiger partial charge in [-0.25, -0.2) is 9.50 Å². The summed E-state index contributed by atoms with van der Waals surface area (Å²) < 4.78 is 1.78. The fourth-order valence-electron chi connectivity index (χ4n) is 2.40. The van der Waals surface area contributed by atoms with Crippen LogP contribution in [0.4, 0.5) is 0 Å². The lowest BCUT2D eigenvalue weighted by molar-refractivity contribution is 0.945. The van der Waals surface area contributed by atoms with E-state index in [1.54, 1.807) is 29.0 Å². The lowest BCUT2D eigenvalue weighted by Crippen LogP contribution is -1.96. The molecule has 3 heterocycles. The number of hydrogen-bond donors (Lipinski definition) is 0. The Morgan fingerprint density at radius 1 is 0.783 bits per heavy atom. The molecule has 0 aliphatic heterocycles. The van der Waals surface area contributed by atoms with E-state index in [0.717, 1.165) is 28.3 Å². The minimum atomic E-state index is 0.499. The smallest absolute Gasteiger partial charge is 0.156 e. The minimum absolute atomic E-state index is 0.499. The summed E-state index contributed by atoms with van der Waals surface area (Å²) in [5.74, 6) is 0. The summed E-state index contributed by atoms with van der Waals surface area (Å²) in [7, 11) is 0. The molecule has 0 unspecified atom stereocenters. The van der Waals surface area contributed by atoms with Crippen LogP contribution in [-0.4, -0.2) is 19.6 Å². The van der Waals surface area contributed by atoms with Gasteiger partial charge in [0, 0.05) is 24.0 Å². The van der Waals surface area contributed by atoms with Crippen molar-refractivity contribution in [2.24, 2.45) is 0 Å². The van der Waals surface area contributed by atoms with E-state index in [4.69, 9.17) is 23.2 Å². The molecule has 4 rings (SSSR count). The highest BCUT2D eigenvalue weighted by atomic mass is 35.5. The van der Waals surface area contributed by atoms with Gasteiger partial charge in [0.15, 0.2) is 5.65 Å². The van der Waals surface area contributed by atoms with Crippen LogP contribution in [0.2, 0.25) is 10.0 Å². The van der Waals surface area contributed by atoms with Crippen LogP contribution in [0.15, 0.2) is 60.9 Å². The van der Waals surface area contributed by atoms with E-state index < -0.39 is 0 Å². The van der Waals surface area contributed by atoms with Crippen molar-refractivity contribution >= 4 is 28.8 Å². The van der Waals surface area contributed by atoms with E-state index in [1.165, 1.54) is 0 Å². The van der Waals surface area contributed by atoms with Crippen molar-refractivity contribution in [1.82, 2.24) is 19.6 Å². The van der Waals surface area contributed by atoms with Gasteiger partial charge in [-0.3, -0.25) is 4.98 Å². The van der Waals surface area contributed by atoms with Gasteiger partial charge in [0.2, 0.25) is 0 Å². The number of nitrogens with zero attached hydrogens (tertiary/aromatic N) is 4. The summed E-state index contributed by atoms with van der Waals surface area (Å²) in [5.41, 5.74) is 4.12. The third-order valence-corrected chi connectivity index (χ3v) is 4.24. The molecular weight excluding hydrogens is 331 g/mol. The Bertz CT molecular complexity index is 996. The Kier molecular flexibility index (Phi) is 3.48. The van der Waals surface area contributed by atoms with Gasteiger partial charge in [-0.2, -0.15) is 5.10 Å². The first-order chi connectivity index (χ1) is 11.2. The first-order valence-electron chi connectivity index (χ1n) is 6.94. The maximum atomic E-state index is 6.10. The summed E-state index contributed by atoms with van der Waals surface area (Å²) in [6.07, 6.45) is 3.50. The van der Waals surface area contributed by atoms with Crippen LogP contribution >= 0.6 is 23.2 Å². The highest BCUT2D eigenvalue weighted by Crippen LogP contribution is 2.29. The second-order valence-corrected chi connectivity index (χ2v) is 5.79. The van der Waals surface area contributed by atoms with Gasteiger partial charge < -0.3 is 0 Å². The van der Waals surface area contributed by atoms with Crippen LogP contribution in [0.25, 0.3) is 28.3 Å². The average Bonchev–Trinajstić information content (AvgIpc) is 3.02. The Morgan fingerprint density at radius 3 is 2.48 bits per heavy atom. The summed E-state index contributed by atoms with van der Waals surface area (Å²) in [5, 5.41) is 5.66. The van der Waals surface area contributed by atoms with Gasteiger partial charge in [0.05, 0.1) is 27.1 Å². The number of benzene rings is 1. The topological polar surface area (TPSA) is 43.1 Å². The van der Waals surface area contributed by atoms with Crippen LogP contribution in [0, 0.1) is 0 Å². The zero-order valence-electron chi connectivity index (χ0n) is 11.8. The summed E-state index contributed by atoms with van der Waals surface area (Å²) in [6, 6.07) is 15.0. The molecule has 112 valence electrons. The summed E-state index contributed by atoms with van der Waals surface area (Å²) >= 11 is 12.1. The molecule has 0 radical (unpaired) electrons. The molecule has 0 amide bonds. The third kappa shape index (κ3) is 2.56. The molecule has 3 aromatic heterocycles. The van der Waals surface area contributed by atoms with Crippen LogP contribution < -0.4 is 0 Å². The number of aromatic nitrogens is 4. The van der Waals surface area contributed by atoms with E-state index in [-0.39, 0.29) is 0 Å². The quantitative estimate of drug-likeness (QED) is 0.528. The van der Waals surface area contributed by atoms with Crippen molar-refractivity contribution in [2.45, 2.75) is 0 Å². The second kappa shape index (κ2) is 5.65. The van der Waals surface area contributed by atoms with Gasteiger partial charge in [-0.15, -0.1) is 0 Å².